The molecule has 0 aliphatic heterocycles. The molecule has 0 saturated heterocycles. The minimum Gasteiger partial charge on any atom is -0.467 e. The Kier molecular flexibility index (Phi) is 10.3. The van der Waals surface area contributed by atoms with Gasteiger partial charge >= 0.3 is 18.0 Å². The van der Waals surface area contributed by atoms with Crippen LogP contribution in [0.25, 0.3) is 0 Å². The lowest BCUT2D eigenvalue weighted by Crippen LogP contribution is -2.54. The summed E-state index contributed by atoms with van der Waals surface area (Å²) in [5, 5.41) is 0. The van der Waals surface area contributed by atoms with Crippen molar-refractivity contribution in [3.63, 3.8) is 0 Å². The van der Waals surface area contributed by atoms with Gasteiger partial charge in [-0.05, 0) is 38.7 Å². The molecule has 0 unspecified atom stereocenters. The van der Waals surface area contributed by atoms with Crippen LogP contribution in [0.5, 0.6) is 0 Å². The highest BCUT2D eigenvalue weighted by Gasteiger charge is 2.38. The van der Waals surface area contributed by atoms with Crippen molar-refractivity contribution in [2.45, 2.75) is 71.8 Å². The summed E-state index contributed by atoms with van der Waals surface area (Å²) in [4.78, 5) is 53.4. The first kappa shape index (κ1) is 27.1. The van der Waals surface area contributed by atoms with Gasteiger partial charge in [0.05, 0.1) is 13.5 Å². The van der Waals surface area contributed by atoms with Crippen molar-refractivity contribution >= 4 is 23.9 Å². The smallest absolute Gasteiger partial charge is 0.410 e. The lowest BCUT2D eigenvalue weighted by atomic mass is 10.0. The van der Waals surface area contributed by atoms with Crippen molar-refractivity contribution in [2.24, 2.45) is 5.92 Å². The predicted molar refractivity (Wildman–Crippen MR) is 127 cm³/mol. The lowest BCUT2D eigenvalue weighted by molar-refractivity contribution is -0.159. The normalized spacial score (nSPS) is 13.4. The van der Waals surface area contributed by atoms with E-state index in [1.807, 2.05) is 19.9 Å². The molecule has 34 heavy (non-hydrogen) atoms. The van der Waals surface area contributed by atoms with Crippen LogP contribution in [0.15, 0.2) is 30.3 Å². The number of carbonyl (C=O) groups excluding carboxylic acids is 4. The minimum atomic E-state index is -1.38. The van der Waals surface area contributed by atoms with Crippen molar-refractivity contribution in [2.75, 3.05) is 21.2 Å². The maximum Gasteiger partial charge on any atom is 0.410 e. The molecular formula is C25H38N2O7. The number of hydrogen-bond donors (Lipinski definition) is 0. The second-order valence-electron chi connectivity index (χ2n) is 9.43. The SMILES string of the molecule is [2H]CN(C(=O)[C@H](CC(C)C)N(C)C(=O)OC(C)(C)C)[C@@H](CC(=O)OCc1ccccc1)C(=O)OC. The third-order valence-corrected chi connectivity index (χ3v) is 4.86. The Morgan fingerprint density at radius 1 is 1.03 bits per heavy atom. The molecule has 9 nitrogen and oxygen atoms in total. The zero-order chi connectivity index (χ0) is 26.8. The molecule has 2 atom stereocenters. The first-order valence-corrected chi connectivity index (χ1v) is 11.1. The summed E-state index contributed by atoms with van der Waals surface area (Å²) in [6.45, 7) is 8.90. The van der Waals surface area contributed by atoms with Crippen LogP contribution < -0.4 is 0 Å². The van der Waals surface area contributed by atoms with Gasteiger partial charge in [-0.25, -0.2) is 9.59 Å². The molecule has 1 rings (SSSR count). The summed E-state index contributed by atoms with van der Waals surface area (Å²) in [6, 6.07) is 6.62. The number of methoxy groups -OCH3 is 1. The van der Waals surface area contributed by atoms with E-state index < -0.39 is 55.1 Å². The van der Waals surface area contributed by atoms with E-state index in [4.69, 9.17) is 15.6 Å². The average molecular weight is 480 g/mol. The van der Waals surface area contributed by atoms with Gasteiger partial charge in [0.1, 0.15) is 24.3 Å². The highest BCUT2D eigenvalue weighted by Crippen LogP contribution is 2.19. The van der Waals surface area contributed by atoms with Gasteiger partial charge in [0.2, 0.25) is 5.91 Å². The summed E-state index contributed by atoms with van der Waals surface area (Å²) in [5.74, 6) is -2.23. The van der Waals surface area contributed by atoms with E-state index >= 15 is 0 Å². The van der Waals surface area contributed by atoms with E-state index in [-0.39, 0.29) is 18.9 Å². The van der Waals surface area contributed by atoms with Crippen molar-refractivity contribution in [3.05, 3.63) is 35.9 Å². The van der Waals surface area contributed by atoms with E-state index in [0.717, 1.165) is 22.5 Å². The molecule has 0 fully saturated rings. The van der Waals surface area contributed by atoms with Gasteiger partial charge in [-0.2, -0.15) is 0 Å². The number of hydrogen-bond acceptors (Lipinski definition) is 7. The van der Waals surface area contributed by atoms with Crippen molar-refractivity contribution in [1.29, 1.82) is 0 Å². The lowest BCUT2D eigenvalue weighted by Gasteiger charge is -2.35. The fraction of sp³-hybridized carbons (Fsp3) is 0.600. The molecule has 0 N–H and O–H groups in total. The Morgan fingerprint density at radius 3 is 2.15 bits per heavy atom. The van der Waals surface area contributed by atoms with Gasteiger partial charge in [-0.15, -0.1) is 0 Å². The van der Waals surface area contributed by atoms with Crippen LogP contribution in [0.2, 0.25) is 0 Å². The standard InChI is InChI=1S/C25H38N2O7/c1-17(2)14-19(27(7)24(31)34-25(3,4)5)22(29)26(6)20(23(30)32-8)15-21(28)33-16-18-12-10-9-11-13-18/h9-13,17,19-20H,14-16H2,1-8H3/t19-,20-/m0/s1/i6D. The molecule has 0 aromatic heterocycles. The Morgan fingerprint density at radius 2 is 1.65 bits per heavy atom. The van der Waals surface area contributed by atoms with Crippen molar-refractivity contribution < 1.29 is 34.8 Å². The molecule has 190 valence electrons. The number of nitrogens with zero attached hydrogens (tertiary/aromatic N) is 2. The zero-order valence-electron chi connectivity index (χ0n) is 22.2. The summed E-state index contributed by atoms with van der Waals surface area (Å²) in [6.07, 6.45) is -0.940. The highest BCUT2D eigenvalue weighted by atomic mass is 16.6. The Bertz CT molecular complexity index is 855. The van der Waals surface area contributed by atoms with E-state index in [1.165, 1.54) is 7.05 Å². The summed E-state index contributed by atoms with van der Waals surface area (Å²) in [5.41, 5.74) is -0.0111. The number of ether oxygens (including phenoxy) is 3. The topological polar surface area (TPSA) is 102 Å². The van der Waals surface area contributed by atoms with Crippen LogP contribution in [0.1, 0.15) is 54.4 Å². The molecule has 1 aromatic rings. The van der Waals surface area contributed by atoms with Gasteiger partial charge < -0.3 is 19.1 Å². The van der Waals surface area contributed by atoms with Crippen LogP contribution in [0.4, 0.5) is 4.79 Å². The molecule has 0 radical (unpaired) electrons. The first-order chi connectivity index (χ1) is 16.3. The van der Waals surface area contributed by atoms with E-state index in [1.54, 1.807) is 45.0 Å². The summed E-state index contributed by atoms with van der Waals surface area (Å²) < 4.78 is 23.4. The molecule has 0 saturated carbocycles. The maximum absolute atomic E-state index is 13.5. The second-order valence-corrected chi connectivity index (χ2v) is 9.43. The number of rotatable bonds is 10. The second kappa shape index (κ2) is 13.0. The number of esters is 2. The Labute approximate surface area is 203 Å². The van der Waals surface area contributed by atoms with Crippen molar-refractivity contribution in [3.8, 4) is 0 Å². The minimum absolute atomic E-state index is 0.000254. The molecular weight excluding hydrogens is 440 g/mol. The monoisotopic (exact) mass is 479 g/mol. The Balaban J connectivity index is 3.12. The number of carbonyl (C=O) groups is 4. The van der Waals surface area contributed by atoms with E-state index in [2.05, 4.69) is 0 Å². The van der Waals surface area contributed by atoms with Crippen LogP contribution in [-0.4, -0.2) is 72.6 Å². The molecule has 2 amide bonds. The number of benzene rings is 1. The molecule has 9 heteroatoms. The quantitative estimate of drug-likeness (QED) is 0.374. The summed E-state index contributed by atoms with van der Waals surface area (Å²) in [7, 11) is 1.94. The Hall–Kier alpha value is -3.10. The van der Waals surface area contributed by atoms with Gasteiger partial charge in [0.15, 0.2) is 0 Å². The number of likely N-dealkylation sites (N-methyl/N-ethyl adjacent to an activating group) is 2. The van der Waals surface area contributed by atoms with Crippen LogP contribution in [0, 0.1) is 5.92 Å². The van der Waals surface area contributed by atoms with Crippen molar-refractivity contribution in [1.82, 2.24) is 9.80 Å². The third-order valence-electron chi connectivity index (χ3n) is 4.86. The van der Waals surface area contributed by atoms with Crippen LogP contribution in [-0.2, 0) is 35.2 Å². The largest absolute Gasteiger partial charge is 0.467 e. The fourth-order valence-corrected chi connectivity index (χ4v) is 3.09. The molecule has 0 bridgehead atoms. The van der Waals surface area contributed by atoms with Gasteiger partial charge in [0.25, 0.3) is 0 Å². The van der Waals surface area contributed by atoms with Gasteiger partial charge in [-0.1, -0.05) is 44.2 Å². The number of amides is 2. The highest BCUT2D eigenvalue weighted by molar-refractivity contribution is 5.91. The van der Waals surface area contributed by atoms with Gasteiger partial charge in [-0.3, -0.25) is 14.5 Å². The maximum atomic E-state index is 13.5. The summed E-state index contributed by atoms with van der Waals surface area (Å²) >= 11 is 0. The third kappa shape index (κ3) is 9.41. The molecule has 1 aromatic carbocycles. The predicted octanol–water partition coefficient (Wildman–Crippen LogP) is 3.40. The first-order valence-electron chi connectivity index (χ1n) is 11.8. The molecule has 0 aliphatic rings. The van der Waals surface area contributed by atoms with E-state index in [0.29, 0.717) is 0 Å². The van der Waals surface area contributed by atoms with Crippen LogP contribution >= 0.6 is 0 Å². The molecule has 0 heterocycles. The fourth-order valence-electron chi connectivity index (χ4n) is 3.09. The average Bonchev–Trinajstić information content (AvgIpc) is 2.79. The molecule has 0 spiro atoms. The van der Waals surface area contributed by atoms with Gasteiger partial charge in [0, 0.05) is 15.4 Å². The zero-order valence-corrected chi connectivity index (χ0v) is 21.2. The molecule has 0 aliphatic carbocycles. The van der Waals surface area contributed by atoms with Crippen LogP contribution in [0.3, 0.4) is 0 Å². The van der Waals surface area contributed by atoms with E-state index in [9.17, 15) is 19.2 Å².